The Labute approximate surface area is 195 Å². The van der Waals surface area contributed by atoms with E-state index in [1.807, 2.05) is 0 Å². The SMILES string of the molecule is CC(C)(C)c1cc2ccccc2c(C(C)(C)C)c1P(c1ccccc1)c1ccccc1.N. The Morgan fingerprint density at radius 2 is 1.03 bits per heavy atom. The van der Waals surface area contributed by atoms with Crippen molar-refractivity contribution >= 4 is 34.6 Å². The van der Waals surface area contributed by atoms with Gasteiger partial charge in [-0.05, 0) is 62.6 Å². The highest BCUT2D eigenvalue weighted by Gasteiger charge is 2.33. The van der Waals surface area contributed by atoms with Gasteiger partial charge in [0.05, 0.1) is 0 Å². The van der Waals surface area contributed by atoms with Crippen LogP contribution in [0.2, 0.25) is 0 Å². The second-order valence-corrected chi connectivity index (χ2v) is 12.5. The van der Waals surface area contributed by atoms with Crippen molar-refractivity contribution in [1.29, 1.82) is 0 Å². The zero-order chi connectivity index (χ0) is 22.2. The van der Waals surface area contributed by atoms with Crippen molar-refractivity contribution in [2.45, 2.75) is 52.4 Å². The fraction of sp³-hybridized carbons (Fsp3) is 0.267. The highest BCUT2D eigenvalue weighted by molar-refractivity contribution is 7.80. The van der Waals surface area contributed by atoms with Gasteiger partial charge >= 0.3 is 0 Å². The van der Waals surface area contributed by atoms with E-state index < -0.39 is 7.92 Å². The first-order chi connectivity index (χ1) is 14.7. The molecule has 1 nitrogen and oxygen atoms in total. The number of hydrogen-bond donors (Lipinski definition) is 1. The predicted molar refractivity (Wildman–Crippen MR) is 145 cm³/mol. The molecule has 166 valence electrons. The van der Waals surface area contributed by atoms with Crippen LogP contribution >= 0.6 is 7.92 Å². The Hall–Kier alpha value is -2.47. The largest absolute Gasteiger partial charge is 0.344 e. The third-order valence-corrected chi connectivity index (χ3v) is 8.37. The zero-order valence-electron chi connectivity index (χ0n) is 20.3. The van der Waals surface area contributed by atoms with E-state index in [0.29, 0.717) is 0 Å². The van der Waals surface area contributed by atoms with Gasteiger partial charge in [-0.15, -0.1) is 0 Å². The minimum absolute atomic E-state index is 0. The lowest BCUT2D eigenvalue weighted by molar-refractivity contribution is 0.580. The molecule has 32 heavy (non-hydrogen) atoms. The fourth-order valence-corrected chi connectivity index (χ4v) is 7.54. The van der Waals surface area contributed by atoms with Crippen LogP contribution in [0, 0.1) is 0 Å². The Balaban J connectivity index is 0.00000289. The van der Waals surface area contributed by atoms with Gasteiger partial charge in [0.1, 0.15) is 0 Å². The molecule has 0 saturated heterocycles. The molecule has 0 bridgehead atoms. The van der Waals surface area contributed by atoms with Gasteiger partial charge in [0, 0.05) is 0 Å². The van der Waals surface area contributed by atoms with Crippen LogP contribution in [0.3, 0.4) is 0 Å². The fourth-order valence-electron chi connectivity index (χ4n) is 4.46. The van der Waals surface area contributed by atoms with Crippen LogP contribution in [-0.4, -0.2) is 0 Å². The average molecular weight is 442 g/mol. The van der Waals surface area contributed by atoms with Gasteiger partial charge in [0.25, 0.3) is 0 Å². The number of hydrogen-bond acceptors (Lipinski definition) is 1. The van der Waals surface area contributed by atoms with E-state index in [0.717, 1.165) is 0 Å². The van der Waals surface area contributed by atoms with Gasteiger partial charge < -0.3 is 6.15 Å². The molecular formula is C30H36NP. The molecule has 0 saturated carbocycles. The summed E-state index contributed by atoms with van der Waals surface area (Å²) in [6, 6.07) is 33.6. The van der Waals surface area contributed by atoms with Gasteiger partial charge in [-0.2, -0.15) is 0 Å². The lowest BCUT2D eigenvalue weighted by Gasteiger charge is -2.36. The molecule has 0 heterocycles. The van der Waals surface area contributed by atoms with Crippen molar-refractivity contribution in [3.63, 3.8) is 0 Å². The molecule has 0 fully saturated rings. The first-order valence-corrected chi connectivity index (χ1v) is 12.5. The number of benzene rings is 4. The molecule has 2 heteroatoms. The molecule has 0 aliphatic rings. The lowest BCUT2D eigenvalue weighted by atomic mass is 9.78. The summed E-state index contributed by atoms with van der Waals surface area (Å²) >= 11 is 0. The van der Waals surface area contributed by atoms with Crippen LogP contribution < -0.4 is 22.1 Å². The molecule has 0 aromatic heterocycles. The molecule has 4 aromatic rings. The maximum absolute atomic E-state index is 2.46. The van der Waals surface area contributed by atoms with Gasteiger partial charge in [-0.25, -0.2) is 0 Å². The Kier molecular flexibility index (Phi) is 6.94. The van der Waals surface area contributed by atoms with E-state index in [9.17, 15) is 0 Å². The first-order valence-electron chi connectivity index (χ1n) is 11.1. The van der Waals surface area contributed by atoms with E-state index >= 15 is 0 Å². The minimum Gasteiger partial charge on any atom is -0.344 e. The maximum Gasteiger partial charge on any atom is -0.00699 e. The van der Waals surface area contributed by atoms with Crippen LogP contribution in [0.15, 0.2) is 91.0 Å². The summed E-state index contributed by atoms with van der Waals surface area (Å²) in [5.41, 5.74) is 3.04. The summed E-state index contributed by atoms with van der Waals surface area (Å²) in [6.45, 7) is 14.2. The third-order valence-electron chi connectivity index (χ3n) is 5.83. The normalized spacial score (nSPS) is 12.1. The van der Waals surface area contributed by atoms with Crippen LogP contribution in [-0.2, 0) is 10.8 Å². The summed E-state index contributed by atoms with van der Waals surface area (Å²) in [7, 11) is -0.689. The first kappa shape index (κ1) is 24.2. The molecule has 0 aliphatic carbocycles. The molecule has 0 atom stereocenters. The van der Waals surface area contributed by atoms with E-state index in [2.05, 4.69) is 133 Å². The van der Waals surface area contributed by atoms with Gasteiger partial charge in [0.2, 0.25) is 0 Å². The van der Waals surface area contributed by atoms with E-state index in [1.54, 1.807) is 0 Å². The van der Waals surface area contributed by atoms with Crippen LogP contribution in [0.1, 0.15) is 52.7 Å². The number of fused-ring (bicyclic) bond motifs is 1. The lowest BCUT2D eigenvalue weighted by Crippen LogP contribution is -2.35. The molecule has 0 aliphatic heterocycles. The van der Waals surface area contributed by atoms with Crippen molar-refractivity contribution in [2.75, 3.05) is 0 Å². The van der Waals surface area contributed by atoms with E-state index in [-0.39, 0.29) is 17.0 Å². The quantitative estimate of drug-likeness (QED) is 0.331. The van der Waals surface area contributed by atoms with Crippen LogP contribution in [0.4, 0.5) is 0 Å². The zero-order valence-corrected chi connectivity index (χ0v) is 21.2. The van der Waals surface area contributed by atoms with Crippen molar-refractivity contribution in [3.8, 4) is 0 Å². The summed E-state index contributed by atoms with van der Waals surface area (Å²) in [6.07, 6.45) is 0. The van der Waals surface area contributed by atoms with E-state index in [1.165, 1.54) is 37.8 Å². The molecule has 0 radical (unpaired) electrons. The molecule has 3 N–H and O–H groups in total. The molecular weight excluding hydrogens is 405 g/mol. The van der Waals surface area contributed by atoms with Gasteiger partial charge in [-0.1, -0.05) is 126 Å². The van der Waals surface area contributed by atoms with Crippen molar-refractivity contribution < 1.29 is 0 Å². The molecule has 4 aromatic carbocycles. The highest BCUT2D eigenvalue weighted by Crippen LogP contribution is 2.44. The monoisotopic (exact) mass is 441 g/mol. The van der Waals surface area contributed by atoms with Crippen molar-refractivity contribution in [3.05, 3.63) is 102 Å². The molecule has 0 spiro atoms. The number of rotatable bonds is 3. The molecule has 0 unspecified atom stereocenters. The summed E-state index contributed by atoms with van der Waals surface area (Å²) in [5.74, 6) is 0. The molecule has 4 rings (SSSR count). The standard InChI is InChI=1S/C30H33P.H3N/c1-29(2,3)26-21-22-15-13-14-20-25(22)27(30(4,5)6)28(26)31(23-16-9-7-10-17-23)24-18-11-8-12-19-24;/h7-21H,1-6H3;1H3. The van der Waals surface area contributed by atoms with Crippen LogP contribution in [0.5, 0.6) is 0 Å². The maximum atomic E-state index is 2.46. The third kappa shape index (κ3) is 4.65. The highest BCUT2D eigenvalue weighted by atomic mass is 31.1. The second-order valence-electron chi connectivity index (χ2n) is 10.4. The van der Waals surface area contributed by atoms with E-state index in [4.69, 9.17) is 0 Å². The Morgan fingerprint density at radius 3 is 1.50 bits per heavy atom. The Bertz CT molecular complexity index is 1140. The van der Waals surface area contributed by atoms with Gasteiger partial charge in [0.15, 0.2) is 0 Å². The topological polar surface area (TPSA) is 35.0 Å². The Morgan fingerprint density at radius 1 is 0.562 bits per heavy atom. The summed E-state index contributed by atoms with van der Waals surface area (Å²) in [4.78, 5) is 0. The van der Waals surface area contributed by atoms with Crippen molar-refractivity contribution in [2.24, 2.45) is 0 Å². The van der Waals surface area contributed by atoms with Crippen LogP contribution in [0.25, 0.3) is 10.8 Å². The minimum atomic E-state index is -0.689. The molecule has 0 amide bonds. The smallest absolute Gasteiger partial charge is 0.00699 e. The van der Waals surface area contributed by atoms with Crippen molar-refractivity contribution in [1.82, 2.24) is 6.15 Å². The average Bonchev–Trinajstić information content (AvgIpc) is 2.73. The summed E-state index contributed by atoms with van der Waals surface area (Å²) in [5, 5.41) is 7.09. The second kappa shape index (κ2) is 9.18. The predicted octanol–water partition coefficient (Wildman–Crippen LogP) is 7.36. The van der Waals surface area contributed by atoms with Gasteiger partial charge in [-0.3, -0.25) is 0 Å². The summed E-state index contributed by atoms with van der Waals surface area (Å²) < 4.78 is 0.